The van der Waals surface area contributed by atoms with Crippen LogP contribution in [-0.4, -0.2) is 33.1 Å². The first kappa shape index (κ1) is 12.6. The molecule has 0 radical (unpaired) electrons. The quantitative estimate of drug-likeness (QED) is 0.832. The zero-order chi connectivity index (χ0) is 13.8. The van der Waals surface area contributed by atoms with Gasteiger partial charge in [-0.1, -0.05) is 0 Å². The highest BCUT2D eigenvalue weighted by Gasteiger charge is 2.16. The van der Waals surface area contributed by atoms with Crippen molar-refractivity contribution in [2.45, 2.75) is 0 Å². The predicted octanol–water partition coefficient (Wildman–Crippen LogP) is 0.664. The Kier molecular flexibility index (Phi) is 3.42. The number of nitrogens with zero attached hydrogens (tertiary/aromatic N) is 2. The average molecular weight is 263 g/mol. The van der Waals surface area contributed by atoms with Crippen LogP contribution in [0.25, 0.3) is 0 Å². The lowest BCUT2D eigenvalue weighted by atomic mass is 10.2. The molecule has 0 amide bonds. The molecule has 0 aliphatic heterocycles. The minimum absolute atomic E-state index is 0.0357. The van der Waals surface area contributed by atoms with E-state index >= 15 is 0 Å². The number of aromatic nitrogens is 3. The number of nitrogens with one attached hydrogen (secondary N) is 1. The number of hydrogen-bond acceptors (Lipinski definition) is 6. The van der Waals surface area contributed by atoms with Gasteiger partial charge in [-0.25, -0.2) is 9.78 Å². The number of H-pyrrole nitrogens is 1. The third-order valence-electron chi connectivity index (χ3n) is 2.20. The molecule has 0 saturated heterocycles. The van der Waals surface area contributed by atoms with E-state index in [1.165, 1.54) is 25.6 Å². The molecule has 2 aromatic heterocycles. The van der Waals surface area contributed by atoms with Gasteiger partial charge in [0.15, 0.2) is 5.75 Å². The number of aromatic amines is 1. The van der Waals surface area contributed by atoms with Gasteiger partial charge in [0, 0.05) is 6.20 Å². The minimum atomic E-state index is -1.18. The van der Waals surface area contributed by atoms with Crippen LogP contribution in [-0.2, 0) is 0 Å². The van der Waals surface area contributed by atoms with Gasteiger partial charge in [-0.3, -0.25) is 9.78 Å². The van der Waals surface area contributed by atoms with E-state index in [-0.39, 0.29) is 22.9 Å². The lowest BCUT2D eigenvalue weighted by Crippen LogP contribution is -2.11. The van der Waals surface area contributed by atoms with E-state index in [2.05, 4.69) is 15.0 Å². The van der Waals surface area contributed by atoms with Crippen molar-refractivity contribution in [2.24, 2.45) is 0 Å². The maximum absolute atomic E-state index is 11.4. The van der Waals surface area contributed by atoms with Crippen LogP contribution in [0.3, 0.4) is 0 Å². The lowest BCUT2D eigenvalue weighted by molar-refractivity contribution is 0.0694. The summed E-state index contributed by atoms with van der Waals surface area (Å²) in [5.41, 5.74) is -0.632. The summed E-state index contributed by atoms with van der Waals surface area (Å²) < 4.78 is 10.1. The zero-order valence-corrected chi connectivity index (χ0v) is 9.78. The number of pyridine rings is 1. The SMILES string of the molecule is COc1c(Oc2cnccc2C(=O)O)nc[nH]c1=O. The summed E-state index contributed by atoms with van der Waals surface area (Å²) in [4.78, 5) is 32.3. The first-order chi connectivity index (χ1) is 9.13. The second kappa shape index (κ2) is 5.17. The van der Waals surface area contributed by atoms with Crippen LogP contribution in [0.2, 0.25) is 0 Å². The predicted molar refractivity (Wildman–Crippen MR) is 62.7 cm³/mol. The largest absolute Gasteiger partial charge is 0.487 e. The average Bonchev–Trinajstić information content (AvgIpc) is 2.39. The highest BCUT2D eigenvalue weighted by molar-refractivity contribution is 5.90. The summed E-state index contributed by atoms with van der Waals surface area (Å²) in [5, 5.41) is 9.00. The molecule has 0 aliphatic carbocycles. The van der Waals surface area contributed by atoms with Crippen LogP contribution in [0.15, 0.2) is 29.6 Å². The number of rotatable bonds is 4. The first-order valence-corrected chi connectivity index (χ1v) is 5.10. The van der Waals surface area contributed by atoms with E-state index in [0.717, 1.165) is 6.33 Å². The molecular formula is C11H9N3O5. The van der Waals surface area contributed by atoms with Gasteiger partial charge in [0.2, 0.25) is 5.75 Å². The van der Waals surface area contributed by atoms with E-state index in [9.17, 15) is 9.59 Å². The molecule has 8 heteroatoms. The molecule has 2 aromatic rings. The van der Waals surface area contributed by atoms with Gasteiger partial charge in [0.1, 0.15) is 5.56 Å². The Labute approximate surface area is 106 Å². The van der Waals surface area contributed by atoms with Crippen molar-refractivity contribution in [3.05, 3.63) is 40.7 Å². The molecule has 0 saturated carbocycles. The fourth-order valence-corrected chi connectivity index (χ4v) is 1.37. The summed E-state index contributed by atoms with van der Waals surface area (Å²) in [6.07, 6.45) is 3.65. The van der Waals surface area contributed by atoms with Gasteiger partial charge in [-0.2, -0.15) is 0 Å². The Morgan fingerprint density at radius 3 is 2.95 bits per heavy atom. The smallest absolute Gasteiger partial charge is 0.339 e. The molecule has 0 spiro atoms. The zero-order valence-electron chi connectivity index (χ0n) is 9.78. The fourth-order valence-electron chi connectivity index (χ4n) is 1.37. The maximum atomic E-state index is 11.4. The molecule has 0 aromatic carbocycles. The maximum Gasteiger partial charge on any atom is 0.339 e. The highest BCUT2D eigenvalue weighted by atomic mass is 16.5. The molecule has 19 heavy (non-hydrogen) atoms. The lowest BCUT2D eigenvalue weighted by Gasteiger charge is -2.09. The van der Waals surface area contributed by atoms with Crippen molar-refractivity contribution < 1.29 is 19.4 Å². The van der Waals surface area contributed by atoms with Crippen molar-refractivity contribution in [2.75, 3.05) is 7.11 Å². The number of carboxylic acids is 1. The molecule has 2 rings (SSSR count). The Balaban J connectivity index is 2.45. The first-order valence-electron chi connectivity index (χ1n) is 5.10. The summed E-state index contributed by atoms with van der Waals surface area (Å²) in [6.45, 7) is 0. The molecule has 8 nitrogen and oxygen atoms in total. The highest BCUT2D eigenvalue weighted by Crippen LogP contribution is 2.27. The van der Waals surface area contributed by atoms with Crippen molar-refractivity contribution in [3.8, 4) is 17.4 Å². The molecule has 0 unspecified atom stereocenters. The van der Waals surface area contributed by atoms with E-state index in [1.54, 1.807) is 0 Å². The molecule has 98 valence electrons. The number of carboxylic acid groups (broad SMARTS) is 1. The van der Waals surface area contributed by atoms with Crippen LogP contribution in [0, 0.1) is 0 Å². The topological polar surface area (TPSA) is 114 Å². The second-order valence-electron chi connectivity index (χ2n) is 3.35. The normalized spacial score (nSPS) is 9.95. The molecule has 0 fully saturated rings. The van der Waals surface area contributed by atoms with Crippen LogP contribution in [0.4, 0.5) is 0 Å². The third kappa shape index (κ3) is 2.51. The number of carbonyl (C=O) groups is 1. The van der Waals surface area contributed by atoms with Crippen molar-refractivity contribution in [1.82, 2.24) is 15.0 Å². The Morgan fingerprint density at radius 1 is 1.47 bits per heavy atom. The van der Waals surface area contributed by atoms with Gasteiger partial charge >= 0.3 is 5.97 Å². The molecule has 0 atom stereocenters. The summed E-state index contributed by atoms with van der Waals surface area (Å²) in [5.74, 6) is -1.50. The molecule has 2 heterocycles. The van der Waals surface area contributed by atoms with E-state index in [4.69, 9.17) is 14.6 Å². The van der Waals surface area contributed by atoms with Crippen LogP contribution >= 0.6 is 0 Å². The van der Waals surface area contributed by atoms with Gasteiger partial charge < -0.3 is 19.6 Å². The Hall–Kier alpha value is -2.90. The summed E-state index contributed by atoms with van der Waals surface area (Å²) in [6, 6.07) is 1.28. The summed E-state index contributed by atoms with van der Waals surface area (Å²) >= 11 is 0. The van der Waals surface area contributed by atoms with E-state index in [0.29, 0.717) is 0 Å². The second-order valence-corrected chi connectivity index (χ2v) is 3.35. The number of ether oxygens (including phenoxy) is 2. The standard InChI is InChI=1S/C11H9N3O5/c1-18-8-9(15)13-5-14-10(8)19-7-4-12-3-2-6(7)11(16)17/h2-5H,1H3,(H,16,17)(H,13,14,15). The van der Waals surface area contributed by atoms with Crippen molar-refractivity contribution in [3.63, 3.8) is 0 Å². The summed E-state index contributed by atoms with van der Waals surface area (Å²) in [7, 11) is 1.28. The molecule has 2 N–H and O–H groups in total. The minimum Gasteiger partial charge on any atom is -0.487 e. The Morgan fingerprint density at radius 2 is 2.26 bits per heavy atom. The monoisotopic (exact) mass is 263 g/mol. The third-order valence-corrected chi connectivity index (χ3v) is 2.20. The number of hydrogen-bond donors (Lipinski definition) is 2. The molecule has 0 aliphatic rings. The van der Waals surface area contributed by atoms with Crippen molar-refractivity contribution in [1.29, 1.82) is 0 Å². The van der Waals surface area contributed by atoms with Gasteiger partial charge in [-0.15, -0.1) is 0 Å². The van der Waals surface area contributed by atoms with Crippen LogP contribution < -0.4 is 15.0 Å². The van der Waals surface area contributed by atoms with Gasteiger partial charge in [-0.05, 0) is 6.07 Å². The van der Waals surface area contributed by atoms with Gasteiger partial charge in [0.25, 0.3) is 11.4 Å². The number of methoxy groups -OCH3 is 1. The van der Waals surface area contributed by atoms with Crippen molar-refractivity contribution >= 4 is 5.97 Å². The van der Waals surface area contributed by atoms with Crippen LogP contribution in [0.1, 0.15) is 10.4 Å². The fraction of sp³-hybridized carbons (Fsp3) is 0.0909. The van der Waals surface area contributed by atoms with Gasteiger partial charge in [0.05, 0.1) is 19.6 Å². The van der Waals surface area contributed by atoms with E-state index < -0.39 is 11.5 Å². The van der Waals surface area contributed by atoms with Crippen LogP contribution in [0.5, 0.6) is 17.4 Å². The number of aromatic carboxylic acids is 1. The molecular weight excluding hydrogens is 254 g/mol. The Bertz CT molecular complexity index is 667. The molecule has 0 bridgehead atoms. The van der Waals surface area contributed by atoms with E-state index in [1.807, 2.05) is 0 Å².